The minimum Gasteiger partial charge on any atom is -0.299 e. The minimum absolute atomic E-state index is 0.465. The van der Waals surface area contributed by atoms with Gasteiger partial charge in [0.05, 0.1) is 0 Å². The fraction of sp³-hybridized carbons (Fsp3) is 1.00. The zero-order valence-electron chi connectivity index (χ0n) is 51.3. The Morgan fingerprint density at radius 3 is 1.17 bits per heavy atom. The number of nitrogens with zero attached hydrogens (tertiary/aromatic N) is 8. The third kappa shape index (κ3) is 14.6. The number of hydrogen-bond donors (Lipinski definition) is 0. The van der Waals surface area contributed by atoms with Gasteiger partial charge in [0, 0.05) is 151 Å². The lowest BCUT2D eigenvalue weighted by molar-refractivity contribution is -0.0237. The summed E-state index contributed by atoms with van der Waals surface area (Å²) in [5.74, 6) is 4.40. The molecule has 11 heterocycles. The normalized spacial score (nSPS) is 34.4. The van der Waals surface area contributed by atoms with Crippen molar-refractivity contribution in [2.24, 2.45) is 45.8 Å². The molecule has 11 saturated heterocycles. The largest absolute Gasteiger partial charge is 0.299 e. The highest BCUT2D eigenvalue weighted by Gasteiger charge is 2.50. The average molecular weight is 982 g/mol. The second kappa shape index (κ2) is 25.2. The van der Waals surface area contributed by atoms with Crippen LogP contribution in [0.25, 0.3) is 0 Å². The van der Waals surface area contributed by atoms with Gasteiger partial charge in [0.25, 0.3) is 0 Å². The molecule has 0 aromatic rings. The molecule has 8 heteroatoms. The van der Waals surface area contributed by atoms with E-state index < -0.39 is 0 Å². The topological polar surface area (TPSA) is 25.9 Å². The first-order chi connectivity index (χ1) is 32.5. The number of rotatable bonds is 10. The van der Waals surface area contributed by atoms with Gasteiger partial charge >= 0.3 is 0 Å². The van der Waals surface area contributed by atoms with E-state index in [4.69, 9.17) is 0 Å². The molecule has 0 aromatic carbocycles. The average Bonchev–Trinajstić information content (AvgIpc) is 3.91. The summed E-state index contributed by atoms with van der Waals surface area (Å²) in [7, 11) is 0. The van der Waals surface area contributed by atoms with Crippen LogP contribution in [0.4, 0.5) is 0 Å². The summed E-state index contributed by atoms with van der Waals surface area (Å²) in [6, 6.07) is 8.60. The second-order valence-corrected chi connectivity index (χ2v) is 29.1. The van der Waals surface area contributed by atoms with Crippen molar-refractivity contribution in [1.29, 1.82) is 0 Å². The number of hydrogen-bond acceptors (Lipinski definition) is 8. The minimum atomic E-state index is 0.465. The maximum Gasteiger partial charge on any atom is 0.0282 e. The van der Waals surface area contributed by atoms with Gasteiger partial charge in [-0.2, -0.15) is 0 Å². The molecule has 0 spiro atoms. The third-order valence-corrected chi connectivity index (χ3v) is 20.7. The van der Waals surface area contributed by atoms with E-state index in [0.717, 1.165) is 53.8 Å². The Kier molecular flexibility index (Phi) is 21.8. The van der Waals surface area contributed by atoms with Gasteiger partial charge in [0.1, 0.15) is 0 Å². The van der Waals surface area contributed by atoms with E-state index in [2.05, 4.69) is 198 Å². The molecule has 11 rings (SSSR count). The Hall–Kier alpha value is -0.320. The lowest BCUT2D eigenvalue weighted by Crippen LogP contribution is -2.57. The molecule has 70 heavy (non-hydrogen) atoms. The number of likely N-dealkylation sites (tertiary alicyclic amines) is 1. The summed E-state index contributed by atoms with van der Waals surface area (Å²) in [6.45, 7) is 70.6. The molecule has 0 N–H and O–H groups in total. The van der Waals surface area contributed by atoms with Crippen molar-refractivity contribution in [3.05, 3.63) is 0 Å². The van der Waals surface area contributed by atoms with Crippen LogP contribution < -0.4 is 0 Å². The summed E-state index contributed by atoms with van der Waals surface area (Å²) in [4.78, 5) is 22.0. The molecule has 9 atom stereocenters. The third-order valence-electron chi connectivity index (χ3n) is 20.7. The van der Waals surface area contributed by atoms with Crippen molar-refractivity contribution < 1.29 is 0 Å². The molecule has 8 nitrogen and oxygen atoms in total. The fourth-order valence-electron chi connectivity index (χ4n) is 15.9. The summed E-state index contributed by atoms with van der Waals surface area (Å²) in [5.41, 5.74) is 1.51. The smallest absolute Gasteiger partial charge is 0.0282 e. The number of fused-ring (bicyclic) bond motifs is 15. The van der Waals surface area contributed by atoms with E-state index >= 15 is 0 Å². The Morgan fingerprint density at radius 2 is 0.729 bits per heavy atom. The van der Waals surface area contributed by atoms with E-state index in [1.165, 1.54) is 123 Å². The maximum atomic E-state index is 2.82. The first-order valence-electron chi connectivity index (χ1n) is 30.5. The Bertz CT molecular complexity index is 1520. The van der Waals surface area contributed by atoms with Crippen LogP contribution in [-0.2, 0) is 0 Å². The second-order valence-electron chi connectivity index (χ2n) is 29.1. The summed E-state index contributed by atoms with van der Waals surface area (Å²) in [6.07, 6.45) is 9.81. The fourth-order valence-corrected chi connectivity index (χ4v) is 15.9. The van der Waals surface area contributed by atoms with Crippen molar-refractivity contribution >= 4 is 0 Å². The van der Waals surface area contributed by atoms with Gasteiger partial charge in [-0.1, -0.05) is 48.5 Å². The molecule has 0 saturated carbocycles. The lowest BCUT2D eigenvalue weighted by atomic mass is 9.67. The molecule has 11 aliphatic heterocycles. The molecule has 9 unspecified atom stereocenters. The van der Waals surface area contributed by atoms with E-state index in [1.807, 2.05) is 0 Å². The Balaban J connectivity index is 0.000000174. The maximum absolute atomic E-state index is 2.82. The molecular formula is C62H124N8. The first kappa shape index (κ1) is 60.5. The van der Waals surface area contributed by atoms with Gasteiger partial charge in [-0.25, -0.2) is 0 Å². The van der Waals surface area contributed by atoms with Crippen molar-refractivity contribution in [2.75, 3.05) is 78.5 Å². The van der Waals surface area contributed by atoms with Gasteiger partial charge in [-0.15, -0.1) is 0 Å². The van der Waals surface area contributed by atoms with E-state index in [9.17, 15) is 0 Å². The molecule has 0 radical (unpaired) electrons. The Morgan fingerprint density at radius 1 is 0.371 bits per heavy atom. The highest BCUT2D eigenvalue weighted by atomic mass is 15.3. The van der Waals surface area contributed by atoms with Gasteiger partial charge in [0.2, 0.25) is 0 Å². The van der Waals surface area contributed by atoms with Gasteiger partial charge in [-0.3, -0.25) is 39.2 Å². The highest BCUT2D eigenvalue weighted by molar-refractivity contribution is 5.05. The SMILES string of the molecule is CC(C)N1CC2CCC(C)(C)C(C1)N(C(C)C)C2.CC(C)N1CC2CN(C(C)C)C(C1)C(C)(C)C2.CC1CC2CN(C(C)C)CC1N(C(C)C)C2.CCC1(CC)CC2CN(C(C)C)CC1N(C(C)C)C2. The monoisotopic (exact) mass is 981 g/mol. The Labute approximate surface area is 438 Å². The van der Waals surface area contributed by atoms with Crippen molar-refractivity contribution in [3.63, 3.8) is 0 Å². The molecule has 412 valence electrons. The molecule has 8 bridgehead atoms. The van der Waals surface area contributed by atoms with Crippen LogP contribution in [0.3, 0.4) is 0 Å². The predicted molar refractivity (Wildman–Crippen MR) is 306 cm³/mol. The molecule has 11 aliphatic rings. The predicted octanol–water partition coefficient (Wildman–Crippen LogP) is 12.1. The van der Waals surface area contributed by atoms with E-state index in [-0.39, 0.29) is 0 Å². The molecule has 11 fully saturated rings. The van der Waals surface area contributed by atoms with Gasteiger partial charge in [0.15, 0.2) is 0 Å². The van der Waals surface area contributed by atoms with Crippen LogP contribution in [-0.4, -0.2) is 190 Å². The summed E-state index contributed by atoms with van der Waals surface area (Å²) >= 11 is 0. The van der Waals surface area contributed by atoms with Crippen LogP contribution in [0.1, 0.15) is 204 Å². The van der Waals surface area contributed by atoms with Crippen molar-refractivity contribution in [1.82, 2.24) is 39.2 Å². The van der Waals surface area contributed by atoms with Crippen LogP contribution in [0.15, 0.2) is 0 Å². The molecule has 0 aromatic heterocycles. The van der Waals surface area contributed by atoms with Gasteiger partial charge in [-0.05, 0) is 202 Å². The van der Waals surface area contributed by atoms with Crippen LogP contribution in [0.2, 0.25) is 0 Å². The summed E-state index contributed by atoms with van der Waals surface area (Å²) < 4.78 is 0. The van der Waals surface area contributed by atoms with Crippen molar-refractivity contribution in [3.8, 4) is 0 Å². The van der Waals surface area contributed by atoms with Crippen LogP contribution >= 0.6 is 0 Å². The van der Waals surface area contributed by atoms with Crippen LogP contribution in [0.5, 0.6) is 0 Å². The molecule has 0 aliphatic carbocycles. The molecule has 0 amide bonds. The van der Waals surface area contributed by atoms with Crippen molar-refractivity contribution in [2.45, 2.75) is 277 Å². The highest BCUT2D eigenvalue weighted by Crippen LogP contribution is 2.48. The zero-order valence-corrected chi connectivity index (χ0v) is 51.3. The van der Waals surface area contributed by atoms with Gasteiger partial charge < -0.3 is 0 Å². The van der Waals surface area contributed by atoms with Crippen LogP contribution in [0, 0.1) is 45.8 Å². The van der Waals surface area contributed by atoms with E-state index in [1.54, 1.807) is 0 Å². The lowest BCUT2D eigenvalue weighted by Gasteiger charge is -2.52. The molecular weight excluding hydrogens is 857 g/mol. The number of piperidine rings is 3. The summed E-state index contributed by atoms with van der Waals surface area (Å²) in [5, 5.41) is 0. The quantitative estimate of drug-likeness (QED) is 0.214. The standard InChI is InChI=1S/C17H34N2.C16H32N2.C15H30N2.C14H28N2/c1-7-17(8-2)9-15-10-18(13(3)4)12-16(17)19(11-15)14(5)6;1-12(2)17-9-14-7-8-16(5,6)15(11-17)18(10-14)13(3)4;1-11(2)16-8-13-7-15(5,6)14(10-16)17(9-13)12(3)4;1-10(2)15-7-13-6-12(5)14(9-15)16(8-13)11(3)4/h13-16H,7-12H2,1-6H3;12-15H,7-11H2,1-6H3;11-14H,7-10H2,1-6H3;10-14H,6-9H2,1-5H3. The van der Waals surface area contributed by atoms with E-state index in [0.29, 0.717) is 64.6 Å². The first-order valence-corrected chi connectivity index (χ1v) is 30.5. The zero-order chi connectivity index (χ0) is 52.4.